The first kappa shape index (κ1) is 20.5. The van der Waals surface area contributed by atoms with E-state index in [1.165, 1.54) is 7.11 Å². The fraction of sp³-hybridized carbons (Fsp3) is 0.364. The average molecular weight is 369 g/mol. The van der Waals surface area contributed by atoms with Crippen LogP contribution in [0.2, 0.25) is 0 Å². The van der Waals surface area contributed by atoms with E-state index in [-0.39, 0.29) is 30.1 Å². The topological polar surface area (TPSA) is 75.6 Å². The maximum absolute atomic E-state index is 12.4. The molecule has 5 nitrogen and oxygen atoms in total. The number of ether oxygens (including phenoxy) is 1. The van der Waals surface area contributed by atoms with Crippen LogP contribution in [-0.4, -0.2) is 30.6 Å². The van der Waals surface area contributed by atoms with Crippen LogP contribution in [0.5, 0.6) is 5.75 Å². The SMILES string of the molecule is CCC(CC(=O)NCC(Cc1ccc(O)cc1)C(=O)OC)c1ccccc1. The molecule has 2 atom stereocenters. The van der Waals surface area contributed by atoms with Gasteiger partial charge in [0.05, 0.1) is 13.0 Å². The Hall–Kier alpha value is -2.82. The molecular weight excluding hydrogens is 342 g/mol. The first-order valence-corrected chi connectivity index (χ1v) is 9.20. The Morgan fingerprint density at radius 3 is 2.33 bits per heavy atom. The average Bonchev–Trinajstić information content (AvgIpc) is 2.70. The van der Waals surface area contributed by atoms with Crippen molar-refractivity contribution in [1.29, 1.82) is 0 Å². The van der Waals surface area contributed by atoms with Crippen molar-refractivity contribution >= 4 is 11.9 Å². The van der Waals surface area contributed by atoms with Gasteiger partial charge < -0.3 is 15.2 Å². The number of carbonyl (C=O) groups is 2. The van der Waals surface area contributed by atoms with Crippen molar-refractivity contribution in [3.8, 4) is 5.75 Å². The third-order valence-corrected chi connectivity index (χ3v) is 4.69. The number of benzene rings is 2. The quantitative estimate of drug-likeness (QED) is 0.664. The van der Waals surface area contributed by atoms with Gasteiger partial charge in [-0.3, -0.25) is 9.59 Å². The molecule has 0 bridgehead atoms. The normalized spacial score (nSPS) is 12.8. The van der Waals surface area contributed by atoms with Gasteiger partial charge >= 0.3 is 5.97 Å². The zero-order valence-corrected chi connectivity index (χ0v) is 15.9. The van der Waals surface area contributed by atoms with E-state index >= 15 is 0 Å². The molecule has 0 fully saturated rings. The van der Waals surface area contributed by atoms with Gasteiger partial charge in [-0.1, -0.05) is 49.4 Å². The van der Waals surface area contributed by atoms with Crippen molar-refractivity contribution in [2.75, 3.05) is 13.7 Å². The van der Waals surface area contributed by atoms with Crippen LogP contribution in [0.15, 0.2) is 54.6 Å². The smallest absolute Gasteiger partial charge is 0.310 e. The summed E-state index contributed by atoms with van der Waals surface area (Å²) < 4.78 is 4.87. The second-order valence-corrected chi connectivity index (χ2v) is 6.61. The summed E-state index contributed by atoms with van der Waals surface area (Å²) in [4.78, 5) is 24.5. The third-order valence-electron chi connectivity index (χ3n) is 4.69. The fourth-order valence-corrected chi connectivity index (χ4v) is 3.08. The van der Waals surface area contributed by atoms with Crippen molar-refractivity contribution in [3.05, 3.63) is 65.7 Å². The molecule has 2 unspecified atom stereocenters. The Bertz CT molecular complexity index is 728. The molecule has 0 aliphatic rings. The number of aromatic hydroxyl groups is 1. The highest BCUT2D eigenvalue weighted by Gasteiger charge is 2.22. The summed E-state index contributed by atoms with van der Waals surface area (Å²) in [5, 5.41) is 12.2. The van der Waals surface area contributed by atoms with Crippen LogP contribution in [0.3, 0.4) is 0 Å². The number of rotatable bonds is 9. The summed E-state index contributed by atoms with van der Waals surface area (Å²) >= 11 is 0. The standard InChI is InChI=1S/C22H27NO4/c1-3-17(18-7-5-4-6-8-18)14-21(25)23-15-19(22(26)27-2)13-16-9-11-20(24)12-10-16/h4-12,17,19,24H,3,13-15H2,1-2H3,(H,23,25). The lowest BCUT2D eigenvalue weighted by atomic mass is 9.93. The predicted molar refractivity (Wildman–Crippen MR) is 104 cm³/mol. The fourth-order valence-electron chi connectivity index (χ4n) is 3.08. The molecule has 0 aliphatic carbocycles. The summed E-state index contributed by atoms with van der Waals surface area (Å²) in [6, 6.07) is 16.6. The van der Waals surface area contributed by atoms with Crippen LogP contribution in [0.4, 0.5) is 0 Å². The Balaban J connectivity index is 1.94. The molecule has 2 aromatic rings. The van der Waals surface area contributed by atoms with Gasteiger partial charge in [0.1, 0.15) is 5.75 Å². The second kappa shape index (κ2) is 10.4. The number of hydrogen-bond donors (Lipinski definition) is 2. The number of esters is 1. The lowest BCUT2D eigenvalue weighted by molar-refractivity contribution is -0.145. The van der Waals surface area contributed by atoms with Gasteiger partial charge in [0.2, 0.25) is 5.91 Å². The van der Waals surface area contributed by atoms with E-state index in [1.807, 2.05) is 30.3 Å². The molecular formula is C22H27NO4. The van der Waals surface area contributed by atoms with E-state index in [4.69, 9.17) is 4.74 Å². The Labute approximate surface area is 160 Å². The van der Waals surface area contributed by atoms with E-state index in [9.17, 15) is 14.7 Å². The Morgan fingerprint density at radius 1 is 1.07 bits per heavy atom. The Kier molecular flexibility index (Phi) is 7.86. The highest BCUT2D eigenvalue weighted by atomic mass is 16.5. The largest absolute Gasteiger partial charge is 0.508 e. The molecule has 0 heterocycles. The summed E-state index contributed by atoms with van der Waals surface area (Å²) in [5.41, 5.74) is 2.04. The number of amides is 1. The van der Waals surface area contributed by atoms with Crippen LogP contribution in [0, 0.1) is 5.92 Å². The monoisotopic (exact) mass is 369 g/mol. The lowest BCUT2D eigenvalue weighted by Gasteiger charge is -2.18. The number of methoxy groups -OCH3 is 1. The molecule has 0 aromatic heterocycles. The zero-order chi connectivity index (χ0) is 19.6. The van der Waals surface area contributed by atoms with E-state index < -0.39 is 5.92 Å². The van der Waals surface area contributed by atoms with Gasteiger partial charge in [0.25, 0.3) is 0 Å². The summed E-state index contributed by atoms with van der Waals surface area (Å²) in [5.74, 6) is -0.586. The number of phenolic OH excluding ortho intramolecular Hbond substituents is 1. The first-order valence-electron chi connectivity index (χ1n) is 9.20. The third kappa shape index (κ3) is 6.44. The van der Waals surface area contributed by atoms with Crippen molar-refractivity contribution < 1.29 is 19.4 Å². The summed E-state index contributed by atoms with van der Waals surface area (Å²) in [7, 11) is 1.34. The minimum absolute atomic E-state index is 0.0784. The Morgan fingerprint density at radius 2 is 1.74 bits per heavy atom. The highest BCUT2D eigenvalue weighted by molar-refractivity contribution is 5.78. The summed E-state index contributed by atoms with van der Waals surface area (Å²) in [6.07, 6.45) is 1.68. The number of nitrogens with one attached hydrogen (secondary N) is 1. The molecule has 2 aromatic carbocycles. The van der Waals surface area contributed by atoms with Crippen LogP contribution >= 0.6 is 0 Å². The number of phenols is 1. The molecule has 2 N–H and O–H groups in total. The maximum atomic E-state index is 12.4. The van der Waals surface area contributed by atoms with Gasteiger partial charge in [-0.25, -0.2) is 0 Å². The van der Waals surface area contributed by atoms with Gasteiger partial charge in [0, 0.05) is 13.0 Å². The van der Waals surface area contributed by atoms with E-state index in [0.717, 1.165) is 17.5 Å². The molecule has 27 heavy (non-hydrogen) atoms. The van der Waals surface area contributed by atoms with Crippen LogP contribution in [0.25, 0.3) is 0 Å². The molecule has 144 valence electrons. The van der Waals surface area contributed by atoms with E-state index in [1.54, 1.807) is 24.3 Å². The van der Waals surface area contributed by atoms with Crippen LogP contribution < -0.4 is 5.32 Å². The first-order chi connectivity index (χ1) is 13.0. The highest BCUT2D eigenvalue weighted by Crippen LogP contribution is 2.23. The van der Waals surface area contributed by atoms with Crippen LogP contribution in [0.1, 0.15) is 36.8 Å². The summed E-state index contributed by atoms with van der Waals surface area (Å²) in [6.45, 7) is 2.28. The van der Waals surface area contributed by atoms with Crippen molar-refractivity contribution in [2.24, 2.45) is 5.92 Å². The van der Waals surface area contributed by atoms with Gasteiger partial charge in [0.15, 0.2) is 0 Å². The van der Waals surface area contributed by atoms with Crippen molar-refractivity contribution in [1.82, 2.24) is 5.32 Å². The second-order valence-electron chi connectivity index (χ2n) is 6.61. The predicted octanol–water partition coefficient (Wildman–Crippen LogP) is 3.42. The van der Waals surface area contributed by atoms with E-state index in [0.29, 0.717) is 12.8 Å². The molecule has 5 heteroatoms. The maximum Gasteiger partial charge on any atom is 0.310 e. The molecule has 2 rings (SSSR count). The van der Waals surface area contributed by atoms with Gasteiger partial charge in [-0.15, -0.1) is 0 Å². The van der Waals surface area contributed by atoms with Gasteiger partial charge in [-0.2, -0.15) is 0 Å². The minimum Gasteiger partial charge on any atom is -0.508 e. The molecule has 0 saturated heterocycles. The molecule has 0 saturated carbocycles. The molecule has 1 amide bonds. The molecule has 0 aliphatic heterocycles. The number of hydrogen-bond acceptors (Lipinski definition) is 4. The molecule has 0 spiro atoms. The van der Waals surface area contributed by atoms with Crippen LogP contribution in [-0.2, 0) is 20.7 Å². The van der Waals surface area contributed by atoms with Crippen molar-refractivity contribution in [2.45, 2.75) is 32.1 Å². The van der Waals surface area contributed by atoms with Gasteiger partial charge in [-0.05, 0) is 42.0 Å². The zero-order valence-electron chi connectivity index (χ0n) is 15.9. The lowest BCUT2D eigenvalue weighted by Crippen LogP contribution is -2.35. The number of carbonyl (C=O) groups excluding carboxylic acids is 2. The minimum atomic E-state index is -0.472. The van der Waals surface area contributed by atoms with Crippen molar-refractivity contribution in [3.63, 3.8) is 0 Å². The molecule has 0 radical (unpaired) electrons. The van der Waals surface area contributed by atoms with E-state index in [2.05, 4.69) is 12.2 Å².